The molecule has 2 aromatic rings. The highest BCUT2D eigenvalue weighted by Gasteiger charge is 2.32. The Morgan fingerprint density at radius 1 is 0.964 bits per heavy atom. The van der Waals surface area contributed by atoms with Crippen LogP contribution < -0.4 is 5.32 Å². The van der Waals surface area contributed by atoms with Crippen LogP contribution in [0.4, 0.5) is 10.1 Å². The van der Waals surface area contributed by atoms with Gasteiger partial charge < -0.3 is 10.2 Å². The average molecular weight is 405 g/mol. The second kappa shape index (κ2) is 8.07. The fourth-order valence-corrected chi connectivity index (χ4v) is 4.49. The summed E-state index contributed by atoms with van der Waals surface area (Å²) in [6.07, 6.45) is 0. The van der Waals surface area contributed by atoms with E-state index in [-0.39, 0.29) is 42.9 Å². The molecule has 2 aromatic carbocycles. The third kappa shape index (κ3) is 4.20. The van der Waals surface area contributed by atoms with E-state index < -0.39 is 15.8 Å². The van der Waals surface area contributed by atoms with Gasteiger partial charge in [-0.05, 0) is 36.4 Å². The lowest BCUT2D eigenvalue weighted by molar-refractivity contribution is -0.114. The van der Waals surface area contributed by atoms with E-state index in [1.165, 1.54) is 29.4 Å². The molecule has 1 N–H and O–H groups in total. The third-order valence-electron chi connectivity index (χ3n) is 4.43. The monoisotopic (exact) mass is 405 g/mol. The van der Waals surface area contributed by atoms with Gasteiger partial charge in [0.05, 0.1) is 0 Å². The maximum atomic E-state index is 13.9. The molecule has 9 heteroatoms. The van der Waals surface area contributed by atoms with Crippen LogP contribution in [-0.4, -0.2) is 55.6 Å². The van der Waals surface area contributed by atoms with Gasteiger partial charge >= 0.3 is 0 Å². The fraction of sp³-hybridized carbons (Fsp3) is 0.263. The van der Waals surface area contributed by atoms with Crippen LogP contribution in [0.5, 0.6) is 0 Å². The van der Waals surface area contributed by atoms with Crippen LogP contribution in [0.15, 0.2) is 53.4 Å². The van der Waals surface area contributed by atoms with Crippen molar-refractivity contribution in [1.29, 1.82) is 0 Å². The van der Waals surface area contributed by atoms with Crippen LogP contribution in [-0.2, 0) is 14.8 Å². The standard InChI is InChI=1S/C19H20FN3O4S/c1-14(24)21-16-8-6-15(7-9-16)19(25)22-10-12-23(13-11-22)28(26,27)18-5-3-2-4-17(18)20/h2-9H,10-13H2,1H3,(H,21,24). The van der Waals surface area contributed by atoms with Gasteiger partial charge in [-0.25, -0.2) is 12.8 Å². The van der Waals surface area contributed by atoms with Gasteiger partial charge in [-0.3, -0.25) is 9.59 Å². The number of carbonyl (C=O) groups is 2. The van der Waals surface area contributed by atoms with Crippen molar-refractivity contribution in [2.45, 2.75) is 11.8 Å². The lowest BCUT2D eigenvalue weighted by atomic mass is 10.1. The molecule has 0 atom stereocenters. The molecule has 1 aliphatic heterocycles. The topological polar surface area (TPSA) is 86.8 Å². The van der Waals surface area contributed by atoms with Crippen molar-refractivity contribution in [1.82, 2.24) is 9.21 Å². The first-order valence-corrected chi connectivity index (χ1v) is 10.1. The van der Waals surface area contributed by atoms with Crippen LogP contribution in [0.25, 0.3) is 0 Å². The zero-order chi connectivity index (χ0) is 20.3. The normalized spacial score (nSPS) is 15.3. The number of amides is 2. The first kappa shape index (κ1) is 20.0. The van der Waals surface area contributed by atoms with Gasteiger partial charge in [0.15, 0.2) is 0 Å². The van der Waals surface area contributed by atoms with E-state index in [1.807, 2.05) is 0 Å². The molecule has 0 aliphatic carbocycles. The number of sulfonamides is 1. The molecule has 2 amide bonds. The molecule has 0 bridgehead atoms. The van der Waals surface area contributed by atoms with Crippen LogP contribution in [0.1, 0.15) is 17.3 Å². The van der Waals surface area contributed by atoms with Crippen LogP contribution >= 0.6 is 0 Å². The third-order valence-corrected chi connectivity index (χ3v) is 6.36. The summed E-state index contributed by atoms with van der Waals surface area (Å²) in [5.41, 5.74) is 1.03. The van der Waals surface area contributed by atoms with Crippen LogP contribution in [0.2, 0.25) is 0 Å². The highest BCUT2D eigenvalue weighted by Crippen LogP contribution is 2.21. The molecule has 148 valence electrons. The Morgan fingerprint density at radius 2 is 1.57 bits per heavy atom. The first-order valence-electron chi connectivity index (χ1n) is 8.70. The van der Waals surface area contributed by atoms with Crippen molar-refractivity contribution in [2.75, 3.05) is 31.5 Å². The number of nitrogens with one attached hydrogen (secondary N) is 1. The number of hydrogen-bond acceptors (Lipinski definition) is 4. The SMILES string of the molecule is CC(=O)Nc1ccc(C(=O)N2CCN(S(=O)(=O)c3ccccc3F)CC2)cc1. The van der Waals surface area contributed by atoms with Crippen LogP contribution in [0, 0.1) is 5.82 Å². The van der Waals surface area contributed by atoms with Gasteiger partial charge in [-0.15, -0.1) is 0 Å². The van der Waals surface area contributed by atoms with Crippen molar-refractivity contribution in [2.24, 2.45) is 0 Å². The van der Waals surface area contributed by atoms with Gasteiger partial charge in [0, 0.05) is 44.4 Å². The molecule has 0 saturated carbocycles. The van der Waals surface area contributed by atoms with Gasteiger partial charge in [0.2, 0.25) is 15.9 Å². The van der Waals surface area contributed by atoms with Crippen molar-refractivity contribution in [3.63, 3.8) is 0 Å². The number of piperazine rings is 1. The van der Waals surface area contributed by atoms with Gasteiger partial charge in [0.25, 0.3) is 5.91 Å². The lowest BCUT2D eigenvalue weighted by Gasteiger charge is -2.34. The minimum Gasteiger partial charge on any atom is -0.336 e. The summed E-state index contributed by atoms with van der Waals surface area (Å²) >= 11 is 0. The quantitative estimate of drug-likeness (QED) is 0.842. The highest BCUT2D eigenvalue weighted by atomic mass is 32.2. The summed E-state index contributed by atoms with van der Waals surface area (Å²) < 4.78 is 40.3. The Bertz CT molecular complexity index is 984. The summed E-state index contributed by atoms with van der Waals surface area (Å²) in [6, 6.07) is 11.7. The fourth-order valence-electron chi connectivity index (χ4n) is 3.01. The summed E-state index contributed by atoms with van der Waals surface area (Å²) in [6.45, 7) is 1.99. The first-order chi connectivity index (χ1) is 13.3. The Balaban J connectivity index is 1.66. The summed E-state index contributed by atoms with van der Waals surface area (Å²) in [7, 11) is -3.94. The molecular formula is C19H20FN3O4S. The highest BCUT2D eigenvalue weighted by molar-refractivity contribution is 7.89. The molecule has 3 rings (SSSR count). The second-order valence-corrected chi connectivity index (χ2v) is 8.29. The number of halogens is 1. The van der Waals surface area contributed by atoms with E-state index >= 15 is 0 Å². The molecule has 28 heavy (non-hydrogen) atoms. The molecule has 1 saturated heterocycles. The summed E-state index contributed by atoms with van der Waals surface area (Å²) in [5.74, 6) is -1.22. The van der Waals surface area contributed by atoms with Crippen molar-refractivity contribution in [3.8, 4) is 0 Å². The molecule has 1 heterocycles. The number of carbonyl (C=O) groups excluding carboxylic acids is 2. The average Bonchev–Trinajstić information content (AvgIpc) is 2.68. The van der Waals surface area contributed by atoms with E-state index in [0.29, 0.717) is 11.3 Å². The van der Waals surface area contributed by atoms with E-state index in [1.54, 1.807) is 29.2 Å². The largest absolute Gasteiger partial charge is 0.336 e. The number of rotatable bonds is 4. The molecule has 1 fully saturated rings. The molecule has 0 unspecified atom stereocenters. The second-order valence-electron chi connectivity index (χ2n) is 6.39. The van der Waals surface area contributed by atoms with Crippen LogP contribution in [0.3, 0.4) is 0 Å². The Labute approximate surface area is 162 Å². The minimum absolute atomic E-state index is 0.0897. The number of anilines is 1. The predicted octanol–water partition coefficient (Wildman–Crippen LogP) is 1.93. The molecular weight excluding hydrogens is 385 g/mol. The smallest absolute Gasteiger partial charge is 0.253 e. The van der Waals surface area contributed by atoms with E-state index in [2.05, 4.69) is 5.32 Å². The van der Waals surface area contributed by atoms with Crippen molar-refractivity contribution < 1.29 is 22.4 Å². The van der Waals surface area contributed by atoms with E-state index in [4.69, 9.17) is 0 Å². The Kier molecular flexibility index (Phi) is 5.76. The van der Waals surface area contributed by atoms with E-state index in [0.717, 1.165) is 6.07 Å². The minimum atomic E-state index is -3.94. The molecule has 0 spiro atoms. The number of nitrogens with zero attached hydrogens (tertiary/aromatic N) is 2. The van der Waals surface area contributed by atoms with Gasteiger partial charge in [-0.1, -0.05) is 12.1 Å². The van der Waals surface area contributed by atoms with Gasteiger partial charge in [-0.2, -0.15) is 4.31 Å². The van der Waals surface area contributed by atoms with Crippen molar-refractivity contribution in [3.05, 3.63) is 59.9 Å². The number of benzene rings is 2. The Hall–Kier alpha value is -2.78. The molecule has 0 aromatic heterocycles. The van der Waals surface area contributed by atoms with E-state index in [9.17, 15) is 22.4 Å². The van der Waals surface area contributed by atoms with Gasteiger partial charge in [0.1, 0.15) is 10.7 Å². The molecule has 0 radical (unpaired) electrons. The lowest BCUT2D eigenvalue weighted by Crippen LogP contribution is -2.50. The Morgan fingerprint density at radius 3 is 2.14 bits per heavy atom. The molecule has 7 nitrogen and oxygen atoms in total. The molecule has 1 aliphatic rings. The zero-order valence-electron chi connectivity index (χ0n) is 15.3. The summed E-state index contributed by atoms with van der Waals surface area (Å²) in [5, 5.41) is 2.63. The van der Waals surface area contributed by atoms with Crippen molar-refractivity contribution >= 4 is 27.5 Å². The predicted molar refractivity (Wildman–Crippen MR) is 102 cm³/mol. The summed E-state index contributed by atoms with van der Waals surface area (Å²) in [4.78, 5) is 24.9. The maximum Gasteiger partial charge on any atom is 0.253 e. The zero-order valence-corrected chi connectivity index (χ0v) is 16.1. The number of hydrogen-bond donors (Lipinski definition) is 1. The maximum absolute atomic E-state index is 13.9.